The van der Waals surface area contributed by atoms with Crippen LogP contribution in [0.1, 0.15) is 10.4 Å². The first-order chi connectivity index (χ1) is 8.56. The van der Waals surface area contributed by atoms with Crippen molar-refractivity contribution < 1.29 is 14.6 Å². The summed E-state index contributed by atoms with van der Waals surface area (Å²) in [5.74, 6) is -0.216. The van der Waals surface area contributed by atoms with Crippen molar-refractivity contribution in [2.75, 3.05) is 0 Å². The zero-order valence-corrected chi connectivity index (χ0v) is 12.0. The molecule has 0 spiro atoms. The summed E-state index contributed by atoms with van der Waals surface area (Å²) in [6, 6.07) is 11.8. The van der Waals surface area contributed by atoms with Gasteiger partial charge in [0.15, 0.2) is 0 Å². The molecule has 18 heavy (non-hydrogen) atoms. The van der Waals surface area contributed by atoms with Gasteiger partial charge in [-0.25, -0.2) is 4.79 Å². The van der Waals surface area contributed by atoms with E-state index in [1.807, 2.05) is 12.1 Å². The molecular weight excluding hydrogens is 366 g/mol. The number of rotatable bonds is 3. The Balaban J connectivity index is 2.34. The lowest BCUT2D eigenvalue weighted by Crippen LogP contribution is -1.99. The fraction of sp³-hybridized carbons (Fsp3) is 0. The summed E-state index contributed by atoms with van der Waals surface area (Å²) in [6.07, 6.45) is 0. The highest BCUT2D eigenvalue weighted by Crippen LogP contribution is 2.28. The van der Waals surface area contributed by atoms with Crippen molar-refractivity contribution in [3.63, 3.8) is 0 Å². The molecule has 0 aliphatic heterocycles. The van der Waals surface area contributed by atoms with E-state index in [0.717, 1.165) is 3.57 Å². The zero-order chi connectivity index (χ0) is 13.1. The Morgan fingerprint density at radius 1 is 1.17 bits per heavy atom. The van der Waals surface area contributed by atoms with E-state index in [-0.39, 0.29) is 11.3 Å². The molecule has 0 unspecified atom stereocenters. The van der Waals surface area contributed by atoms with Crippen molar-refractivity contribution in [2.24, 2.45) is 0 Å². The van der Waals surface area contributed by atoms with Crippen molar-refractivity contribution in [1.29, 1.82) is 0 Å². The molecule has 2 aromatic rings. The first-order valence-corrected chi connectivity index (χ1v) is 6.48. The van der Waals surface area contributed by atoms with E-state index in [0.29, 0.717) is 10.8 Å². The topological polar surface area (TPSA) is 46.5 Å². The number of hydrogen-bond donors (Lipinski definition) is 1. The first kappa shape index (κ1) is 13.2. The van der Waals surface area contributed by atoms with Crippen LogP contribution in [0.4, 0.5) is 0 Å². The number of carbonyl (C=O) groups is 1. The molecular formula is C13H8ClIO3. The van der Waals surface area contributed by atoms with E-state index >= 15 is 0 Å². The van der Waals surface area contributed by atoms with Crippen LogP contribution in [-0.4, -0.2) is 11.1 Å². The molecule has 1 N–H and O–H groups in total. The lowest BCUT2D eigenvalue weighted by atomic mass is 10.2. The maximum atomic E-state index is 11.1. The third kappa shape index (κ3) is 3.14. The summed E-state index contributed by atoms with van der Waals surface area (Å²) in [5, 5.41) is 9.44. The summed E-state index contributed by atoms with van der Waals surface area (Å²) >= 11 is 7.95. The summed E-state index contributed by atoms with van der Waals surface area (Å²) in [5.41, 5.74) is 0.0426. The predicted molar refractivity (Wildman–Crippen MR) is 77.6 cm³/mol. The molecule has 0 heterocycles. The molecule has 92 valence electrons. The number of ether oxygens (including phenoxy) is 1. The smallest absolute Gasteiger partial charge is 0.339 e. The van der Waals surface area contributed by atoms with Crippen LogP contribution in [-0.2, 0) is 0 Å². The lowest BCUT2D eigenvalue weighted by Gasteiger charge is -2.09. The van der Waals surface area contributed by atoms with Crippen molar-refractivity contribution in [3.05, 3.63) is 56.6 Å². The van der Waals surface area contributed by atoms with Crippen LogP contribution in [0.2, 0.25) is 5.02 Å². The van der Waals surface area contributed by atoms with Crippen LogP contribution >= 0.6 is 34.2 Å². The molecule has 0 fully saturated rings. The van der Waals surface area contributed by atoms with Gasteiger partial charge in [0, 0.05) is 8.59 Å². The third-order valence-corrected chi connectivity index (χ3v) is 3.17. The minimum absolute atomic E-state index is 0.0426. The molecule has 0 amide bonds. The largest absolute Gasteiger partial charge is 0.478 e. The summed E-state index contributed by atoms with van der Waals surface area (Å²) in [7, 11) is 0. The maximum absolute atomic E-state index is 11.1. The van der Waals surface area contributed by atoms with Gasteiger partial charge in [-0.15, -0.1) is 0 Å². The minimum atomic E-state index is -1.07. The Bertz CT molecular complexity index is 581. The van der Waals surface area contributed by atoms with Gasteiger partial charge in [-0.3, -0.25) is 0 Å². The molecule has 2 aromatic carbocycles. The second kappa shape index (κ2) is 5.58. The summed E-state index contributed by atoms with van der Waals surface area (Å²) < 4.78 is 6.62. The standard InChI is InChI=1S/C13H8ClIO3/c14-8-1-6-12(11(7-8)13(16)17)18-10-4-2-9(15)3-5-10/h1-7H,(H,16,17). The number of aromatic carboxylic acids is 1. The molecule has 0 aromatic heterocycles. The third-order valence-electron chi connectivity index (χ3n) is 2.21. The second-order valence-electron chi connectivity index (χ2n) is 3.50. The molecule has 5 heteroatoms. The predicted octanol–water partition coefficient (Wildman–Crippen LogP) is 4.44. The highest BCUT2D eigenvalue weighted by Gasteiger charge is 2.12. The Morgan fingerprint density at radius 3 is 2.44 bits per heavy atom. The number of benzene rings is 2. The summed E-state index contributed by atoms with van der Waals surface area (Å²) in [4.78, 5) is 11.1. The lowest BCUT2D eigenvalue weighted by molar-refractivity contribution is 0.0694. The molecule has 0 bridgehead atoms. The fourth-order valence-corrected chi connectivity index (χ4v) is 1.92. The van der Waals surface area contributed by atoms with Crippen LogP contribution in [0, 0.1) is 3.57 Å². The number of carboxylic acids is 1. The molecule has 0 atom stereocenters. The molecule has 0 saturated carbocycles. The number of carboxylic acid groups (broad SMARTS) is 1. The quantitative estimate of drug-likeness (QED) is 0.808. The van der Waals surface area contributed by atoms with E-state index in [4.69, 9.17) is 21.4 Å². The van der Waals surface area contributed by atoms with Gasteiger partial charge < -0.3 is 9.84 Å². The molecule has 0 radical (unpaired) electrons. The van der Waals surface area contributed by atoms with E-state index in [2.05, 4.69) is 22.6 Å². The Morgan fingerprint density at radius 2 is 1.83 bits per heavy atom. The van der Waals surface area contributed by atoms with Crippen LogP contribution < -0.4 is 4.74 Å². The van der Waals surface area contributed by atoms with Crippen LogP contribution in [0.5, 0.6) is 11.5 Å². The van der Waals surface area contributed by atoms with Gasteiger partial charge in [0.1, 0.15) is 17.1 Å². The van der Waals surface area contributed by atoms with E-state index in [9.17, 15) is 4.79 Å². The number of hydrogen-bond acceptors (Lipinski definition) is 2. The normalized spacial score (nSPS) is 10.1. The van der Waals surface area contributed by atoms with Crippen LogP contribution in [0.3, 0.4) is 0 Å². The molecule has 0 saturated heterocycles. The molecule has 0 aliphatic carbocycles. The van der Waals surface area contributed by atoms with E-state index in [1.54, 1.807) is 24.3 Å². The monoisotopic (exact) mass is 374 g/mol. The minimum Gasteiger partial charge on any atom is -0.478 e. The van der Waals surface area contributed by atoms with Gasteiger partial charge >= 0.3 is 5.97 Å². The number of halogens is 2. The zero-order valence-electron chi connectivity index (χ0n) is 9.06. The van der Waals surface area contributed by atoms with Crippen molar-refractivity contribution in [3.8, 4) is 11.5 Å². The first-order valence-electron chi connectivity index (χ1n) is 5.02. The SMILES string of the molecule is O=C(O)c1cc(Cl)ccc1Oc1ccc(I)cc1. The molecule has 0 aliphatic rings. The van der Waals surface area contributed by atoms with Crippen LogP contribution in [0.15, 0.2) is 42.5 Å². The van der Waals surface area contributed by atoms with E-state index < -0.39 is 5.97 Å². The average Bonchev–Trinajstić information content (AvgIpc) is 2.34. The highest BCUT2D eigenvalue weighted by atomic mass is 127. The van der Waals surface area contributed by atoms with Gasteiger partial charge in [0.2, 0.25) is 0 Å². The Hall–Kier alpha value is -1.27. The fourth-order valence-electron chi connectivity index (χ4n) is 1.39. The Kier molecular flexibility index (Phi) is 4.08. The van der Waals surface area contributed by atoms with Gasteiger partial charge in [-0.05, 0) is 65.1 Å². The molecule has 3 nitrogen and oxygen atoms in total. The highest BCUT2D eigenvalue weighted by molar-refractivity contribution is 14.1. The van der Waals surface area contributed by atoms with Gasteiger partial charge in [0.25, 0.3) is 0 Å². The van der Waals surface area contributed by atoms with Crippen LogP contribution in [0.25, 0.3) is 0 Å². The van der Waals surface area contributed by atoms with Crippen molar-refractivity contribution >= 4 is 40.2 Å². The molecule has 2 rings (SSSR count). The average molecular weight is 375 g/mol. The van der Waals surface area contributed by atoms with Crippen molar-refractivity contribution in [2.45, 2.75) is 0 Å². The summed E-state index contributed by atoms with van der Waals surface area (Å²) in [6.45, 7) is 0. The van der Waals surface area contributed by atoms with Gasteiger partial charge in [-0.1, -0.05) is 11.6 Å². The van der Waals surface area contributed by atoms with Gasteiger partial charge in [-0.2, -0.15) is 0 Å². The Labute approximate surface area is 122 Å². The van der Waals surface area contributed by atoms with E-state index in [1.165, 1.54) is 6.07 Å². The van der Waals surface area contributed by atoms with Crippen molar-refractivity contribution in [1.82, 2.24) is 0 Å². The maximum Gasteiger partial charge on any atom is 0.339 e. The second-order valence-corrected chi connectivity index (χ2v) is 5.18. The van der Waals surface area contributed by atoms with Gasteiger partial charge in [0.05, 0.1) is 0 Å².